The number of pyridine rings is 1. The Bertz CT molecular complexity index is 1150. The average Bonchev–Trinajstić information content (AvgIpc) is 3.32. The van der Waals surface area contributed by atoms with Crippen molar-refractivity contribution in [3.05, 3.63) is 65.4 Å². The minimum atomic E-state index is -4.46. The minimum Gasteiger partial charge on any atom is -0.368 e. The van der Waals surface area contributed by atoms with Gasteiger partial charge in [-0.25, -0.2) is 9.37 Å². The predicted molar refractivity (Wildman–Crippen MR) is 117 cm³/mol. The fraction of sp³-hybridized carbons (Fsp3) is 0.391. The third-order valence-electron chi connectivity index (χ3n) is 6.09. The van der Waals surface area contributed by atoms with Crippen LogP contribution in [0.1, 0.15) is 41.3 Å². The van der Waals surface area contributed by atoms with Crippen LogP contribution < -0.4 is 5.32 Å². The smallest absolute Gasteiger partial charge is 0.368 e. The molecule has 1 saturated heterocycles. The number of aryl methyl sites for hydroxylation is 1. The monoisotopic (exact) mass is 476 g/mol. The Labute approximate surface area is 193 Å². The molecule has 1 N–H and O–H groups in total. The van der Waals surface area contributed by atoms with Crippen molar-refractivity contribution in [2.24, 2.45) is 5.92 Å². The summed E-state index contributed by atoms with van der Waals surface area (Å²) in [7, 11) is 0. The number of aromatic nitrogens is 4. The fourth-order valence-electron chi connectivity index (χ4n) is 4.33. The van der Waals surface area contributed by atoms with Crippen molar-refractivity contribution < 1.29 is 22.4 Å². The van der Waals surface area contributed by atoms with Gasteiger partial charge in [0.2, 0.25) is 0 Å². The maximum Gasteiger partial charge on any atom is 0.417 e. The van der Waals surface area contributed by atoms with E-state index < -0.39 is 17.6 Å². The van der Waals surface area contributed by atoms with Gasteiger partial charge < -0.3 is 10.2 Å². The first-order valence-electron chi connectivity index (χ1n) is 10.9. The zero-order valence-electron chi connectivity index (χ0n) is 18.7. The normalized spacial score (nSPS) is 18.7. The molecule has 0 saturated carbocycles. The van der Waals surface area contributed by atoms with E-state index in [0.717, 1.165) is 25.1 Å². The van der Waals surface area contributed by atoms with E-state index in [0.29, 0.717) is 24.2 Å². The van der Waals surface area contributed by atoms with Gasteiger partial charge in [0.1, 0.15) is 17.3 Å². The van der Waals surface area contributed by atoms with Crippen LogP contribution >= 0.6 is 0 Å². The summed E-state index contributed by atoms with van der Waals surface area (Å²) in [6.45, 7) is 4.50. The van der Waals surface area contributed by atoms with Crippen molar-refractivity contribution >= 4 is 11.7 Å². The summed E-state index contributed by atoms with van der Waals surface area (Å²) < 4.78 is 52.6. The van der Waals surface area contributed by atoms with E-state index in [2.05, 4.69) is 20.5 Å². The zero-order chi connectivity index (χ0) is 24.5. The number of anilines is 1. The number of benzene rings is 1. The Kier molecular flexibility index (Phi) is 6.54. The summed E-state index contributed by atoms with van der Waals surface area (Å²) in [6, 6.07) is 4.52. The second-order valence-corrected chi connectivity index (χ2v) is 8.43. The molecule has 11 heteroatoms. The highest BCUT2D eigenvalue weighted by molar-refractivity contribution is 5.99. The highest BCUT2D eigenvalue weighted by Crippen LogP contribution is 2.30. The van der Waals surface area contributed by atoms with Gasteiger partial charge in [0.15, 0.2) is 0 Å². The summed E-state index contributed by atoms with van der Waals surface area (Å²) >= 11 is 0. The molecule has 1 aliphatic heterocycles. The predicted octanol–water partition coefficient (Wildman–Crippen LogP) is 4.48. The molecule has 3 heterocycles. The van der Waals surface area contributed by atoms with Gasteiger partial charge in [-0.3, -0.25) is 4.79 Å². The number of halogens is 4. The van der Waals surface area contributed by atoms with Crippen molar-refractivity contribution in [2.45, 2.75) is 38.9 Å². The number of alkyl halides is 3. The van der Waals surface area contributed by atoms with Crippen LogP contribution in [0.2, 0.25) is 0 Å². The van der Waals surface area contributed by atoms with Gasteiger partial charge in [-0.15, -0.1) is 0 Å². The second-order valence-electron chi connectivity index (χ2n) is 8.43. The molecule has 180 valence electrons. The Morgan fingerprint density at radius 1 is 1.21 bits per heavy atom. The third kappa shape index (κ3) is 4.87. The molecule has 2 atom stereocenters. The van der Waals surface area contributed by atoms with Gasteiger partial charge in [0.25, 0.3) is 5.91 Å². The number of nitrogens with zero attached hydrogens (tertiary/aromatic N) is 5. The van der Waals surface area contributed by atoms with E-state index >= 15 is 0 Å². The zero-order valence-corrected chi connectivity index (χ0v) is 18.7. The number of carbonyl (C=O) groups excluding carboxylic acids is 1. The summed E-state index contributed by atoms with van der Waals surface area (Å²) in [6.07, 6.45) is 0.911. The van der Waals surface area contributed by atoms with Gasteiger partial charge >= 0.3 is 6.18 Å². The number of amides is 1. The topological polar surface area (TPSA) is 75.9 Å². The third-order valence-corrected chi connectivity index (χ3v) is 6.09. The molecular formula is C23H24F4N6O. The van der Waals surface area contributed by atoms with Gasteiger partial charge in [-0.2, -0.15) is 28.2 Å². The van der Waals surface area contributed by atoms with E-state index in [-0.39, 0.29) is 29.4 Å². The number of hydrogen-bond acceptors (Lipinski definition) is 5. The fourth-order valence-corrected chi connectivity index (χ4v) is 4.33. The highest BCUT2D eigenvalue weighted by atomic mass is 19.4. The summed E-state index contributed by atoms with van der Waals surface area (Å²) in [5, 5.41) is 11.2. The molecule has 1 aromatic carbocycles. The maximum atomic E-state index is 14.2. The van der Waals surface area contributed by atoms with Crippen LogP contribution in [0.4, 0.5) is 23.4 Å². The molecule has 1 aliphatic rings. The largest absolute Gasteiger partial charge is 0.417 e. The van der Waals surface area contributed by atoms with Crippen molar-refractivity contribution in [1.82, 2.24) is 24.9 Å². The molecule has 0 bridgehead atoms. The Hall–Kier alpha value is -3.50. The van der Waals surface area contributed by atoms with Crippen LogP contribution in [-0.4, -0.2) is 49.9 Å². The van der Waals surface area contributed by atoms with Crippen molar-refractivity contribution in [3.8, 4) is 5.69 Å². The molecule has 34 heavy (non-hydrogen) atoms. The molecule has 0 spiro atoms. The van der Waals surface area contributed by atoms with E-state index in [1.165, 1.54) is 35.4 Å². The Morgan fingerprint density at radius 2 is 1.94 bits per heavy atom. The molecule has 3 aromatic rings. The van der Waals surface area contributed by atoms with Gasteiger partial charge in [0.05, 0.1) is 29.6 Å². The minimum absolute atomic E-state index is 0.131. The van der Waals surface area contributed by atoms with Crippen LogP contribution in [0.3, 0.4) is 0 Å². The first-order chi connectivity index (χ1) is 16.1. The summed E-state index contributed by atoms with van der Waals surface area (Å²) in [4.78, 5) is 20.5. The SMILES string of the molecule is Cc1cc(F)cc(-n2nccn2)c1C(=O)N1CCC[C@@H](C)[C@H]1CNc1ccc(C(F)(F)F)cn1. The lowest BCUT2D eigenvalue weighted by Gasteiger charge is -2.40. The van der Waals surface area contributed by atoms with Crippen molar-refractivity contribution in [1.29, 1.82) is 0 Å². The van der Waals surface area contributed by atoms with E-state index in [1.54, 1.807) is 11.8 Å². The van der Waals surface area contributed by atoms with E-state index in [9.17, 15) is 22.4 Å². The lowest BCUT2D eigenvalue weighted by atomic mass is 9.89. The van der Waals surface area contributed by atoms with Crippen LogP contribution in [-0.2, 0) is 6.18 Å². The van der Waals surface area contributed by atoms with Crippen molar-refractivity contribution in [2.75, 3.05) is 18.4 Å². The van der Waals surface area contributed by atoms with Crippen LogP contribution in [0.25, 0.3) is 5.69 Å². The lowest BCUT2D eigenvalue weighted by molar-refractivity contribution is -0.137. The molecule has 0 unspecified atom stereocenters. The first-order valence-corrected chi connectivity index (χ1v) is 10.9. The number of rotatable bonds is 5. The molecule has 0 radical (unpaired) electrons. The van der Waals surface area contributed by atoms with E-state index in [4.69, 9.17) is 0 Å². The number of piperidine rings is 1. The molecule has 0 aliphatic carbocycles. The molecule has 7 nitrogen and oxygen atoms in total. The molecule has 4 rings (SSSR count). The highest BCUT2D eigenvalue weighted by Gasteiger charge is 2.35. The Morgan fingerprint density at radius 3 is 2.59 bits per heavy atom. The van der Waals surface area contributed by atoms with Crippen LogP contribution in [0.5, 0.6) is 0 Å². The molecule has 1 amide bonds. The standard InChI is InChI=1S/C23H24F4N6O/c1-14-4-3-9-32(19(14)13-29-20-6-5-16(12-28-20)23(25,26)27)22(34)21-15(2)10-17(24)11-18(21)33-30-7-8-31-33/h5-8,10-12,14,19H,3-4,9,13H2,1-2H3,(H,28,29)/t14-,19-/m1/s1. The van der Waals surface area contributed by atoms with Gasteiger partial charge in [-0.05, 0) is 49.4 Å². The van der Waals surface area contributed by atoms with Crippen molar-refractivity contribution in [3.63, 3.8) is 0 Å². The summed E-state index contributed by atoms with van der Waals surface area (Å²) in [5.41, 5.74) is 0.199. The molecule has 2 aromatic heterocycles. The number of nitrogens with one attached hydrogen (secondary N) is 1. The lowest BCUT2D eigenvalue weighted by Crippen LogP contribution is -2.51. The van der Waals surface area contributed by atoms with Gasteiger partial charge in [0, 0.05) is 25.4 Å². The second kappa shape index (κ2) is 9.40. The summed E-state index contributed by atoms with van der Waals surface area (Å²) in [5.74, 6) is -0.354. The molecule has 1 fully saturated rings. The van der Waals surface area contributed by atoms with E-state index in [1.807, 2.05) is 6.92 Å². The molecular weight excluding hydrogens is 452 g/mol. The van der Waals surface area contributed by atoms with Crippen LogP contribution in [0.15, 0.2) is 42.9 Å². The van der Waals surface area contributed by atoms with Gasteiger partial charge in [-0.1, -0.05) is 6.92 Å². The quantitative estimate of drug-likeness (QED) is 0.550. The average molecular weight is 476 g/mol. The number of hydrogen-bond donors (Lipinski definition) is 1. The maximum absolute atomic E-state index is 14.2. The Balaban J connectivity index is 1.59. The van der Waals surface area contributed by atoms with Crippen LogP contribution in [0, 0.1) is 18.7 Å². The number of carbonyl (C=O) groups is 1. The number of likely N-dealkylation sites (tertiary alicyclic amines) is 1. The first kappa shape index (κ1) is 23.7.